The van der Waals surface area contributed by atoms with Gasteiger partial charge in [-0.2, -0.15) is 8.78 Å². The van der Waals surface area contributed by atoms with E-state index in [2.05, 4.69) is 10.1 Å². The average Bonchev–Trinajstić information content (AvgIpc) is 2.60. The second-order valence-electron chi connectivity index (χ2n) is 4.85. The van der Waals surface area contributed by atoms with E-state index in [1.54, 1.807) is 0 Å². The van der Waals surface area contributed by atoms with E-state index in [0.717, 1.165) is 0 Å². The van der Waals surface area contributed by atoms with Crippen LogP contribution in [0.1, 0.15) is 15.9 Å². The highest BCUT2D eigenvalue weighted by Gasteiger charge is 2.12. The molecule has 25 heavy (non-hydrogen) atoms. The van der Waals surface area contributed by atoms with Crippen molar-refractivity contribution in [3.63, 3.8) is 0 Å². The fourth-order valence-corrected chi connectivity index (χ4v) is 2.03. The number of amides is 1. The predicted molar refractivity (Wildman–Crippen MR) is 83.9 cm³/mol. The van der Waals surface area contributed by atoms with Gasteiger partial charge in [0.2, 0.25) is 0 Å². The number of benzene rings is 2. The first kappa shape index (κ1) is 18.1. The number of rotatable bonds is 7. The van der Waals surface area contributed by atoms with Crippen molar-refractivity contribution < 1.29 is 28.0 Å². The first-order chi connectivity index (χ1) is 11.9. The quantitative estimate of drug-likeness (QED) is 0.611. The van der Waals surface area contributed by atoms with Gasteiger partial charge < -0.3 is 14.8 Å². The highest BCUT2D eigenvalue weighted by molar-refractivity contribution is 5.94. The lowest BCUT2D eigenvalue weighted by Gasteiger charge is -2.12. The summed E-state index contributed by atoms with van der Waals surface area (Å²) >= 11 is 0. The lowest BCUT2D eigenvalue weighted by molar-refractivity contribution is -0.384. The number of nitro benzene ring substituents is 1. The molecule has 1 N–H and O–H groups in total. The first-order valence-electron chi connectivity index (χ1n) is 7.05. The van der Waals surface area contributed by atoms with Gasteiger partial charge in [-0.15, -0.1) is 0 Å². The number of carbonyl (C=O) groups is 1. The zero-order chi connectivity index (χ0) is 18.4. The van der Waals surface area contributed by atoms with Crippen LogP contribution in [0.25, 0.3) is 0 Å². The molecule has 0 aliphatic rings. The van der Waals surface area contributed by atoms with Gasteiger partial charge in [0.1, 0.15) is 0 Å². The van der Waals surface area contributed by atoms with Gasteiger partial charge in [0.25, 0.3) is 11.6 Å². The Hall–Kier alpha value is -3.23. The molecule has 0 heterocycles. The normalized spacial score (nSPS) is 10.4. The van der Waals surface area contributed by atoms with Crippen molar-refractivity contribution in [1.29, 1.82) is 0 Å². The van der Waals surface area contributed by atoms with E-state index >= 15 is 0 Å². The van der Waals surface area contributed by atoms with E-state index in [0.29, 0.717) is 5.56 Å². The van der Waals surface area contributed by atoms with Crippen LogP contribution in [-0.2, 0) is 6.54 Å². The molecular weight excluding hydrogens is 338 g/mol. The molecule has 2 aromatic rings. The van der Waals surface area contributed by atoms with Crippen LogP contribution in [0.15, 0.2) is 42.5 Å². The number of hydrogen-bond donors (Lipinski definition) is 1. The van der Waals surface area contributed by atoms with Crippen LogP contribution in [-0.4, -0.2) is 24.6 Å². The van der Waals surface area contributed by atoms with Crippen LogP contribution in [0.4, 0.5) is 14.5 Å². The third-order valence-electron chi connectivity index (χ3n) is 3.24. The topological polar surface area (TPSA) is 90.7 Å². The largest absolute Gasteiger partial charge is 0.493 e. The molecule has 0 saturated heterocycles. The number of hydrogen-bond acceptors (Lipinski definition) is 5. The number of alkyl halides is 2. The van der Waals surface area contributed by atoms with E-state index in [1.165, 1.54) is 49.6 Å². The van der Waals surface area contributed by atoms with Crippen LogP contribution in [0.3, 0.4) is 0 Å². The molecule has 1 amide bonds. The number of nitro groups is 1. The van der Waals surface area contributed by atoms with Gasteiger partial charge in [-0.1, -0.05) is 6.07 Å². The predicted octanol–water partition coefficient (Wildman–Crippen LogP) is 3.13. The molecule has 0 radical (unpaired) electrons. The second-order valence-corrected chi connectivity index (χ2v) is 4.85. The molecule has 2 aromatic carbocycles. The summed E-state index contributed by atoms with van der Waals surface area (Å²) in [6, 6.07) is 9.44. The zero-order valence-electron chi connectivity index (χ0n) is 13.1. The number of nitrogens with zero attached hydrogens (tertiary/aromatic N) is 1. The van der Waals surface area contributed by atoms with Crippen molar-refractivity contribution in [3.8, 4) is 11.5 Å². The molecule has 0 aliphatic carbocycles. The molecular formula is C16H14F2N2O5. The van der Waals surface area contributed by atoms with Crippen LogP contribution in [0.5, 0.6) is 11.5 Å². The van der Waals surface area contributed by atoms with Gasteiger partial charge >= 0.3 is 6.61 Å². The van der Waals surface area contributed by atoms with E-state index in [-0.39, 0.29) is 29.3 Å². The number of ether oxygens (including phenoxy) is 2. The zero-order valence-corrected chi connectivity index (χ0v) is 13.1. The molecule has 9 heteroatoms. The average molecular weight is 352 g/mol. The van der Waals surface area contributed by atoms with Gasteiger partial charge in [-0.05, 0) is 29.8 Å². The summed E-state index contributed by atoms with van der Waals surface area (Å²) in [6.45, 7) is -2.86. The standard InChI is InChI=1S/C16H14F2N2O5/c1-24-14-8-10(2-7-13(14)25-16(17)18)9-19-15(21)11-3-5-12(6-4-11)20(22)23/h2-8,16H,9H2,1H3,(H,19,21). The Morgan fingerprint density at radius 3 is 2.44 bits per heavy atom. The first-order valence-corrected chi connectivity index (χ1v) is 7.05. The smallest absolute Gasteiger partial charge is 0.387 e. The van der Waals surface area contributed by atoms with Gasteiger partial charge in [-0.3, -0.25) is 14.9 Å². The fourth-order valence-electron chi connectivity index (χ4n) is 2.03. The number of halogens is 2. The van der Waals surface area contributed by atoms with E-state index in [9.17, 15) is 23.7 Å². The Kier molecular flexibility index (Phi) is 5.83. The van der Waals surface area contributed by atoms with Crippen LogP contribution in [0.2, 0.25) is 0 Å². The van der Waals surface area contributed by atoms with E-state index < -0.39 is 17.4 Å². The van der Waals surface area contributed by atoms with Gasteiger partial charge in [0, 0.05) is 24.2 Å². The molecule has 0 aromatic heterocycles. The van der Waals surface area contributed by atoms with Crippen molar-refractivity contribution in [1.82, 2.24) is 5.32 Å². The summed E-state index contributed by atoms with van der Waals surface area (Å²) in [6.07, 6.45) is 0. The molecule has 0 spiro atoms. The number of nitrogens with one attached hydrogen (secondary N) is 1. The van der Waals surface area contributed by atoms with E-state index in [4.69, 9.17) is 4.74 Å². The SMILES string of the molecule is COc1cc(CNC(=O)c2ccc([N+](=O)[O-])cc2)ccc1OC(F)F. The summed E-state index contributed by atoms with van der Waals surface area (Å²) in [5.74, 6) is -0.424. The highest BCUT2D eigenvalue weighted by Crippen LogP contribution is 2.29. The number of methoxy groups -OCH3 is 1. The van der Waals surface area contributed by atoms with E-state index in [1.807, 2.05) is 0 Å². The summed E-state index contributed by atoms with van der Waals surface area (Å²) in [7, 11) is 1.31. The van der Waals surface area contributed by atoms with Crippen molar-refractivity contribution >= 4 is 11.6 Å². The van der Waals surface area contributed by atoms with Gasteiger partial charge in [0.15, 0.2) is 11.5 Å². The monoisotopic (exact) mass is 352 g/mol. The maximum atomic E-state index is 12.3. The molecule has 0 atom stereocenters. The molecule has 0 saturated carbocycles. The minimum absolute atomic E-state index is 0.108. The Labute approximate surface area is 141 Å². The summed E-state index contributed by atoms with van der Waals surface area (Å²) in [5, 5.41) is 13.2. The molecule has 0 bridgehead atoms. The summed E-state index contributed by atoms with van der Waals surface area (Å²) in [5.41, 5.74) is 0.750. The van der Waals surface area contributed by atoms with Crippen molar-refractivity contribution in [2.75, 3.05) is 7.11 Å². The Morgan fingerprint density at radius 2 is 1.88 bits per heavy atom. The molecule has 2 rings (SSSR count). The van der Waals surface area contributed by atoms with Crippen LogP contribution >= 0.6 is 0 Å². The van der Waals surface area contributed by atoms with Crippen molar-refractivity contribution in [2.45, 2.75) is 13.2 Å². The van der Waals surface area contributed by atoms with Crippen LogP contribution in [0, 0.1) is 10.1 Å². The maximum absolute atomic E-state index is 12.3. The minimum atomic E-state index is -2.97. The summed E-state index contributed by atoms with van der Waals surface area (Å²) < 4.78 is 33.9. The van der Waals surface area contributed by atoms with Crippen molar-refractivity contribution in [3.05, 3.63) is 63.7 Å². The Bertz CT molecular complexity index is 766. The van der Waals surface area contributed by atoms with Crippen LogP contribution < -0.4 is 14.8 Å². The summed E-state index contributed by atoms with van der Waals surface area (Å²) in [4.78, 5) is 22.1. The highest BCUT2D eigenvalue weighted by atomic mass is 19.3. The number of non-ortho nitro benzene ring substituents is 1. The molecule has 0 unspecified atom stereocenters. The lowest BCUT2D eigenvalue weighted by atomic mass is 10.1. The molecule has 132 valence electrons. The third kappa shape index (κ3) is 4.87. The van der Waals surface area contributed by atoms with Gasteiger partial charge in [0.05, 0.1) is 12.0 Å². The molecule has 0 fully saturated rings. The third-order valence-corrected chi connectivity index (χ3v) is 3.24. The van der Waals surface area contributed by atoms with Crippen molar-refractivity contribution in [2.24, 2.45) is 0 Å². The minimum Gasteiger partial charge on any atom is -0.493 e. The van der Waals surface area contributed by atoms with Gasteiger partial charge in [-0.25, -0.2) is 0 Å². The lowest BCUT2D eigenvalue weighted by Crippen LogP contribution is -2.22. The Morgan fingerprint density at radius 1 is 1.20 bits per heavy atom. The molecule has 7 nitrogen and oxygen atoms in total. The fraction of sp³-hybridized carbons (Fsp3) is 0.188. The molecule has 0 aliphatic heterocycles. The maximum Gasteiger partial charge on any atom is 0.387 e. The Balaban J connectivity index is 2.02. The number of carbonyl (C=O) groups excluding carboxylic acids is 1. The second kappa shape index (κ2) is 8.04.